The lowest BCUT2D eigenvalue weighted by Gasteiger charge is -2.29. The number of halogens is 2. The normalized spacial score (nSPS) is 22.9. The van der Waals surface area contributed by atoms with Gasteiger partial charge in [0, 0.05) is 9.50 Å². The van der Waals surface area contributed by atoms with Crippen molar-refractivity contribution >= 4 is 50.7 Å². The lowest BCUT2D eigenvalue weighted by Crippen LogP contribution is -2.37. The SMILES string of the molecule is Cc1ccc([C@H]2[C@H]3C(=O)N(c4ccc(Br)cc4)C(=O)[C@H]3ON2c2ccc(Cl)cc2)cc1. The number of carbonyl (C=O) groups is 2. The molecule has 2 saturated heterocycles. The van der Waals surface area contributed by atoms with Crippen LogP contribution in [0.1, 0.15) is 17.2 Å². The van der Waals surface area contributed by atoms with Crippen molar-refractivity contribution in [3.8, 4) is 0 Å². The summed E-state index contributed by atoms with van der Waals surface area (Å²) in [6.45, 7) is 2.01. The van der Waals surface area contributed by atoms with Gasteiger partial charge in [0.05, 0.1) is 17.4 Å². The van der Waals surface area contributed by atoms with Crippen LogP contribution >= 0.6 is 27.5 Å². The molecule has 2 aliphatic heterocycles. The molecule has 2 aliphatic rings. The molecule has 0 unspecified atom stereocenters. The molecule has 0 spiro atoms. The fraction of sp³-hybridized carbons (Fsp3) is 0.167. The highest BCUT2D eigenvalue weighted by Crippen LogP contribution is 2.47. The van der Waals surface area contributed by atoms with Gasteiger partial charge in [-0.3, -0.25) is 14.4 Å². The van der Waals surface area contributed by atoms with Gasteiger partial charge in [-0.05, 0) is 61.0 Å². The number of nitrogens with zero attached hydrogens (tertiary/aromatic N) is 2. The molecule has 2 amide bonds. The van der Waals surface area contributed by atoms with Gasteiger partial charge < -0.3 is 0 Å². The van der Waals surface area contributed by atoms with E-state index in [1.54, 1.807) is 29.3 Å². The Bertz CT molecular complexity index is 1150. The largest absolute Gasteiger partial charge is 0.273 e. The number of carbonyl (C=O) groups excluding carboxylic acids is 2. The molecule has 3 aromatic carbocycles. The standard InChI is InChI=1S/C24H18BrClN2O3/c1-14-2-4-15(5-3-14)21-20-22(31-28(21)19-12-8-17(26)9-13-19)24(30)27(23(20)29)18-10-6-16(25)7-11-18/h2-13,20-22H,1H3/t20-,21+,22+/m1/s1. The molecule has 0 saturated carbocycles. The van der Waals surface area contributed by atoms with Gasteiger partial charge in [0.25, 0.3) is 5.91 Å². The summed E-state index contributed by atoms with van der Waals surface area (Å²) < 4.78 is 0.873. The third-order valence-electron chi connectivity index (χ3n) is 5.70. The molecule has 156 valence electrons. The van der Waals surface area contributed by atoms with Crippen LogP contribution in [0.2, 0.25) is 5.02 Å². The van der Waals surface area contributed by atoms with E-state index in [0.29, 0.717) is 10.7 Å². The average Bonchev–Trinajstić information content (AvgIpc) is 3.26. The second kappa shape index (κ2) is 7.79. The zero-order valence-corrected chi connectivity index (χ0v) is 18.9. The summed E-state index contributed by atoms with van der Waals surface area (Å²) in [6.07, 6.45) is -0.891. The van der Waals surface area contributed by atoms with E-state index in [4.69, 9.17) is 16.4 Å². The molecule has 3 atom stereocenters. The summed E-state index contributed by atoms with van der Waals surface area (Å²) in [7, 11) is 0. The average molecular weight is 498 g/mol. The number of hydroxylamine groups is 1. The van der Waals surface area contributed by atoms with Crippen LogP contribution in [-0.4, -0.2) is 17.9 Å². The van der Waals surface area contributed by atoms with Crippen LogP contribution in [0.3, 0.4) is 0 Å². The van der Waals surface area contributed by atoms with Crippen molar-refractivity contribution in [2.75, 3.05) is 9.96 Å². The summed E-state index contributed by atoms with van der Waals surface area (Å²) >= 11 is 9.44. The summed E-state index contributed by atoms with van der Waals surface area (Å²) in [6, 6.07) is 21.8. The highest BCUT2D eigenvalue weighted by molar-refractivity contribution is 9.10. The minimum Gasteiger partial charge on any atom is -0.273 e. The van der Waals surface area contributed by atoms with E-state index < -0.39 is 18.1 Å². The molecule has 0 radical (unpaired) electrons. The van der Waals surface area contributed by atoms with Crippen LogP contribution in [0.25, 0.3) is 0 Å². The molecule has 5 nitrogen and oxygen atoms in total. The molecular weight excluding hydrogens is 480 g/mol. The van der Waals surface area contributed by atoms with E-state index in [2.05, 4.69) is 15.9 Å². The van der Waals surface area contributed by atoms with Crippen LogP contribution in [0.4, 0.5) is 11.4 Å². The molecular formula is C24H18BrClN2O3. The van der Waals surface area contributed by atoms with Crippen molar-refractivity contribution in [3.63, 3.8) is 0 Å². The van der Waals surface area contributed by atoms with Crippen LogP contribution in [0.15, 0.2) is 77.3 Å². The lowest BCUT2D eigenvalue weighted by molar-refractivity contribution is -0.126. The van der Waals surface area contributed by atoms with Crippen LogP contribution in [0, 0.1) is 12.8 Å². The Balaban J connectivity index is 1.57. The molecule has 0 N–H and O–H groups in total. The van der Waals surface area contributed by atoms with E-state index in [9.17, 15) is 9.59 Å². The minimum atomic E-state index is -0.891. The summed E-state index contributed by atoms with van der Waals surface area (Å²) in [5.41, 5.74) is 3.30. The number of benzene rings is 3. The third kappa shape index (κ3) is 3.45. The van der Waals surface area contributed by atoms with Crippen molar-refractivity contribution in [3.05, 3.63) is 93.4 Å². The Morgan fingerprint density at radius 3 is 2.10 bits per heavy atom. The van der Waals surface area contributed by atoms with E-state index in [0.717, 1.165) is 21.3 Å². The highest BCUT2D eigenvalue weighted by Gasteiger charge is 2.60. The van der Waals surface area contributed by atoms with Gasteiger partial charge in [0.2, 0.25) is 5.91 Å². The third-order valence-corrected chi connectivity index (χ3v) is 6.48. The van der Waals surface area contributed by atoms with E-state index in [1.165, 1.54) is 4.90 Å². The van der Waals surface area contributed by atoms with Gasteiger partial charge in [-0.25, -0.2) is 9.96 Å². The predicted octanol–water partition coefficient (Wildman–Crippen LogP) is 5.46. The molecule has 5 rings (SSSR count). The van der Waals surface area contributed by atoms with Crippen LogP contribution < -0.4 is 9.96 Å². The van der Waals surface area contributed by atoms with Gasteiger partial charge in [0.1, 0.15) is 5.92 Å². The van der Waals surface area contributed by atoms with E-state index >= 15 is 0 Å². The summed E-state index contributed by atoms with van der Waals surface area (Å²) in [5.74, 6) is -1.28. The number of anilines is 2. The maximum Gasteiger partial charge on any atom is 0.266 e. The molecule has 31 heavy (non-hydrogen) atoms. The van der Waals surface area contributed by atoms with Gasteiger partial charge in [-0.2, -0.15) is 0 Å². The second-order valence-corrected chi connectivity index (χ2v) is 9.05. The number of rotatable bonds is 3. The molecule has 2 heterocycles. The number of imide groups is 1. The number of fused-ring (bicyclic) bond motifs is 1. The zero-order valence-electron chi connectivity index (χ0n) is 16.5. The smallest absolute Gasteiger partial charge is 0.266 e. The number of aryl methyl sites for hydroxylation is 1. The quantitative estimate of drug-likeness (QED) is 0.451. The molecule has 2 fully saturated rings. The maximum absolute atomic E-state index is 13.5. The Labute approximate surface area is 193 Å². The van der Waals surface area contributed by atoms with Crippen LogP contribution in [-0.2, 0) is 14.4 Å². The first-order valence-electron chi connectivity index (χ1n) is 9.85. The van der Waals surface area contributed by atoms with E-state index in [1.807, 2.05) is 55.5 Å². The maximum atomic E-state index is 13.5. The van der Waals surface area contributed by atoms with Crippen LogP contribution in [0.5, 0.6) is 0 Å². The molecule has 3 aromatic rings. The fourth-order valence-electron chi connectivity index (χ4n) is 4.17. The molecule has 0 bridgehead atoms. The fourth-order valence-corrected chi connectivity index (χ4v) is 4.56. The first-order chi connectivity index (χ1) is 14.9. The first-order valence-corrected chi connectivity index (χ1v) is 11.0. The summed E-state index contributed by atoms with van der Waals surface area (Å²) in [4.78, 5) is 34.2. The Hall–Kier alpha value is -2.67. The number of amides is 2. The van der Waals surface area contributed by atoms with Crippen molar-refractivity contribution < 1.29 is 14.4 Å². The minimum absolute atomic E-state index is 0.264. The van der Waals surface area contributed by atoms with E-state index in [-0.39, 0.29) is 11.8 Å². The Morgan fingerprint density at radius 2 is 1.45 bits per heavy atom. The predicted molar refractivity (Wildman–Crippen MR) is 123 cm³/mol. The van der Waals surface area contributed by atoms with Crippen molar-refractivity contribution in [2.45, 2.75) is 19.1 Å². The van der Waals surface area contributed by atoms with Gasteiger partial charge in [0.15, 0.2) is 6.10 Å². The van der Waals surface area contributed by atoms with Crippen molar-refractivity contribution in [1.82, 2.24) is 0 Å². The number of hydrogen-bond acceptors (Lipinski definition) is 4. The molecule has 7 heteroatoms. The Kier molecular flexibility index (Phi) is 5.08. The second-order valence-electron chi connectivity index (χ2n) is 7.70. The van der Waals surface area contributed by atoms with Crippen molar-refractivity contribution in [1.29, 1.82) is 0 Å². The van der Waals surface area contributed by atoms with Crippen molar-refractivity contribution in [2.24, 2.45) is 5.92 Å². The first kappa shape index (κ1) is 20.2. The van der Waals surface area contributed by atoms with Gasteiger partial charge in [-0.1, -0.05) is 57.4 Å². The van der Waals surface area contributed by atoms with Gasteiger partial charge >= 0.3 is 0 Å². The van der Waals surface area contributed by atoms with Gasteiger partial charge in [-0.15, -0.1) is 0 Å². The highest BCUT2D eigenvalue weighted by atomic mass is 79.9. The Morgan fingerprint density at radius 1 is 0.839 bits per heavy atom. The topological polar surface area (TPSA) is 49.9 Å². The number of hydrogen-bond donors (Lipinski definition) is 0. The lowest BCUT2D eigenvalue weighted by atomic mass is 9.90. The zero-order chi connectivity index (χ0) is 21.7. The summed E-state index contributed by atoms with van der Waals surface area (Å²) in [5, 5.41) is 2.27. The monoisotopic (exact) mass is 496 g/mol. The molecule has 0 aromatic heterocycles. The molecule has 0 aliphatic carbocycles.